The minimum Gasteiger partial charge on any atom is -0.488 e. The molecule has 2 amide bonds. The number of carbonyl (C=O) groups is 2. The maximum Gasteiger partial charge on any atom is 0.257 e. The summed E-state index contributed by atoms with van der Waals surface area (Å²) in [6.07, 6.45) is 1.23. The SMILES string of the molecule is C=C(C)COc1ccccc1C(=O)N1CCC(C(=O)NN)CC1. The van der Waals surface area contributed by atoms with Crippen LogP contribution >= 0.6 is 0 Å². The number of piperidine rings is 1. The molecule has 1 aliphatic heterocycles. The first kappa shape index (κ1) is 17.0. The maximum atomic E-state index is 12.7. The number of likely N-dealkylation sites (tertiary alicyclic amines) is 1. The van der Waals surface area contributed by atoms with Crippen molar-refractivity contribution >= 4 is 11.8 Å². The average Bonchev–Trinajstić information content (AvgIpc) is 2.59. The molecule has 0 aliphatic carbocycles. The van der Waals surface area contributed by atoms with Crippen LogP contribution in [0.4, 0.5) is 0 Å². The Morgan fingerprint density at radius 2 is 2.00 bits per heavy atom. The van der Waals surface area contributed by atoms with Gasteiger partial charge in [0.2, 0.25) is 5.91 Å². The molecule has 0 aromatic heterocycles. The highest BCUT2D eigenvalue weighted by Crippen LogP contribution is 2.24. The maximum absolute atomic E-state index is 12.7. The van der Waals surface area contributed by atoms with E-state index in [4.69, 9.17) is 10.6 Å². The Morgan fingerprint density at radius 1 is 1.35 bits per heavy atom. The lowest BCUT2D eigenvalue weighted by Gasteiger charge is -2.31. The van der Waals surface area contributed by atoms with Gasteiger partial charge in [-0.2, -0.15) is 0 Å². The molecule has 1 heterocycles. The Labute approximate surface area is 136 Å². The molecule has 6 heteroatoms. The minimum atomic E-state index is -0.165. The standard InChI is InChI=1S/C17H23N3O3/c1-12(2)11-23-15-6-4-3-5-14(15)17(22)20-9-7-13(8-10-20)16(21)19-18/h3-6,13H,1,7-11,18H2,2H3,(H,19,21). The summed E-state index contributed by atoms with van der Waals surface area (Å²) in [6.45, 7) is 7.12. The van der Waals surface area contributed by atoms with Gasteiger partial charge in [0.05, 0.1) is 5.56 Å². The number of rotatable bonds is 5. The van der Waals surface area contributed by atoms with Crippen molar-refractivity contribution in [1.82, 2.24) is 10.3 Å². The lowest BCUT2D eigenvalue weighted by molar-refractivity contribution is -0.126. The van der Waals surface area contributed by atoms with E-state index >= 15 is 0 Å². The van der Waals surface area contributed by atoms with Crippen molar-refractivity contribution in [1.29, 1.82) is 0 Å². The first-order valence-corrected chi connectivity index (χ1v) is 7.69. The van der Waals surface area contributed by atoms with E-state index in [2.05, 4.69) is 12.0 Å². The first-order chi connectivity index (χ1) is 11.0. The van der Waals surface area contributed by atoms with Crippen LogP contribution in [0, 0.1) is 5.92 Å². The molecule has 0 unspecified atom stereocenters. The summed E-state index contributed by atoms with van der Waals surface area (Å²) in [4.78, 5) is 26.0. The molecule has 124 valence electrons. The molecule has 1 saturated heterocycles. The zero-order valence-electron chi connectivity index (χ0n) is 13.4. The highest BCUT2D eigenvalue weighted by atomic mass is 16.5. The van der Waals surface area contributed by atoms with E-state index in [9.17, 15) is 9.59 Å². The second-order valence-electron chi connectivity index (χ2n) is 5.82. The van der Waals surface area contributed by atoms with Gasteiger partial charge >= 0.3 is 0 Å². The monoisotopic (exact) mass is 317 g/mol. The van der Waals surface area contributed by atoms with Gasteiger partial charge in [-0.3, -0.25) is 15.0 Å². The lowest BCUT2D eigenvalue weighted by Crippen LogP contribution is -2.44. The zero-order valence-corrected chi connectivity index (χ0v) is 13.4. The predicted octanol–water partition coefficient (Wildman–Crippen LogP) is 1.48. The van der Waals surface area contributed by atoms with Crippen LogP contribution < -0.4 is 16.0 Å². The highest BCUT2D eigenvalue weighted by Gasteiger charge is 2.28. The summed E-state index contributed by atoms with van der Waals surface area (Å²) in [5.74, 6) is 5.35. The van der Waals surface area contributed by atoms with E-state index in [1.165, 1.54) is 0 Å². The predicted molar refractivity (Wildman–Crippen MR) is 87.7 cm³/mol. The Hall–Kier alpha value is -2.34. The van der Waals surface area contributed by atoms with Crippen LogP contribution in [0.2, 0.25) is 0 Å². The molecule has 1 aromatic rings. The Balaban J connectivity index is 2.04. The molecule has 0 radical (unpaired) electrons. The van der Waals surface area contributed by atoms with Gasteiger partial charge in [0.1, 0.15) is 12.4 Å². The smallest absolute Gasteiger partial charge is 0.257 e. The summed E-state index contributed by atoms with van der Waals surface area (Å²) in [7, 11) is 0. The van der Waals surface area contributed by atoms with Gasteiger partial charge in [-0.15, -0.1) is 0 Å². The van der Waals surface area contributed by atoms with E-state index in [1.807, 2.05) is 19.1 Å². The van der Waals surface area contributed by atoms with Gasteiger partial charge in [0.25, 0.3) is 5.91 Å². The fourth-order valence-corrected chi connectivity index (χ4v) is 2.60. The Morgan fingerprint density at radius 3 is 2.61 bits per heavy atom. The molecule has 1 aromatic carbocycles. The molecule has 0 atom stereocenters. The van der Waals surface area contributed by atoms with E-state index in [0.29, 0.717) is 43.9 Å². The summed E-state index contributed by atoms with van der Waals surface area (Å²) in [6, 6.07) is 7.19. The Bertz CT molecular complexity index is 593. The van der Waals surface area contributed by atoms with Crippen molar-refractivity contribution in [2.45, 2.75) is 19.8 Å². The van der Waals surface area contributed by atoms with Gasteiger partial charge in [-0.1, -0.05) is 18.7 Å². The van der Waals surface area contributed by atoms with Crippen molar-refractivity contribution in [3.05, 3.63) is 42.0 Å². The minimum absolute atomic E-state index is 0.0751. The second kappa shape index (κ2) is 7.78. The third-order valence-corrected chi connectivity index (χ3v) is 3.89. The molecule has 3 N–H and O–H groups in total. The van der Waals surface area contributed by atoms with Crippen LogP contribution in [-0.4, -0.2) is 36.4 Å². The van der Waals surface area contributed by atoms with Gasteiger partial charge < -0.3 is 9.64 Å². The van der Waals surface area contributed by atoms with Crippen molar-refractivity contribution in [3.8, 4) is 5.75 Å². The number of hydrazine groups is 1. The molecule has 2 rings (SSSR count). The molecule has 6 nitrogen and oxygen atoms in total. The first-order valence-electron chi connectivity index (χ1n) is 7.69. The fourth-order valence-electron chi connectivity index (χ4n) is 2.60. The number of carbonyl (C=O) groups excluding carboxylic acids is 2. The quantitative estimate of drug-likeness (QED) is 0.373. The third kappa shape index (κ3) is 4.32. The van der Waals surface area contributed by atoms with E-state index in [-0.39, 0.29) is 17.7 Å². The molecule has 0 saturated carbocycles. The molecule has 0 spiro atoms. The van der Waals surface area contributed by atoms with Crippen LogP contribution in [0.5, 0.6) is 5.75 Å². The number of nitrogens with zero attached hydrogens (tertiary/aromatic N) is 1. The van der Waals surface area contributed by atoms with Crippen molar-refractivity contribution in [2.75, 3.05) is 19.7 Å². The average molecular weight is 317 g/mol. The number of ether oxygens (including phenoxy) is 1. The molecule has 1 fully saturated rings. The topological polar surface area (TPSA) is 84.7 Å². The molecule has 0 bridgehead atoms. The largest absolute Gasteiger partial charge is 0.488 e. The number of nitrogens with one attached hydrogen (secondary N) is 1. The Kier molecular flexibility index (Phi) is 5.76. The number of nitrogens with two attached hydrogens (primary N) is 1. The normalized spacial score (nSPS) is 15.1. The fraction of sp³-hybridized carbons (Fsp3) is 0.412. The van der Waals surface area contributed by atoms with E-state index in [0.717, 1.165) is 5.57 Å². The van der Waals surface area contributed by atoms with Gasteiger partial charge in [-0.05, 0) is 37.5 Å². The number of hydrogen-bond donors (Lipinski definition) is 2. The van der Waals surface area contributed by atoms with Gasteiger partial charge in [-0.25, -0.2) is 5.84 Å². The van der Waals surface area contributed by atoms with Crippen molar-refractivity contribution in [3.63, 3.8) is 0 Å². The number of para-hydroxylation sites is 1. The molecule has 23 heavy (non-hydrogen) atoms. The molecular weight excluding hydrogens is 294 g/mol. The summed E-state index contributed by atoms with van der Waals surface area (Å²) >= 11 is 0. The molecular formula is C17H23N3O3. The second-order valence-corrected chi connectivity index (χ2v) is 5.82. The molecule has 1 aliphatic rings. The van der Waals surface area contributed by atoms with E-state index in [1.54, 1.807) is 17.0 Å². The summed E-state index contributed by atoms with van der Waals surface area (Å²) in [5.41, 5.74) is 3.60. The lowest BCUT2D eigenvalue weighted by atomic mass is 9.95. The highest BCUT2D eigenvalue weighted by molar-refractivity contribution is 5.97. The zero-order chi connectivity index (χ0) is 16.8. The van der Waals surface area contributed by atoms with Crippen LogP contribution in [0.1, 0.15) is 30.1 Å². The number of amides is 2. The number of benzene rings is 1. The van der Waals surface area contributed by atoms with Crippen LogP contribution in [-0.2, 0) is 4.79 Å². The third-order valence-electron chi connectivity index (χ3n) is 3.89. The van der Waals surface area contributed by atoms with Crippen LogP contribution in [0.3, 0.4) is 0 Å². The van der Waals surface area contributed by atoms with Crippen molar-refractivity contribution < 1.29 is 14.3 Å². The van der Waals surface area contributed by atoms with Crippen molar-refractivity contribution in [2.24, 2.45) is 11.8 Å². The summed E-state index contributed by atoms with van der Waals surface area (Å²) in [5, 5.41) is 0. The summed E-state index contributed by atoms with van der Waals surface area (Å²) < 4.78 is 5.66. The van der Waals surface area contributed by atoms with E-state index < -0.39 is 0 Å². The van der Waals surface area contributed by atoms with Gasteiger partial charge in [0.15, 0.2) is 0 Å². The van der Waals surface area contributed by atoms with Crippen LogP contribution in [0.15, 0.2) is 36.4 Å². The van der Waals surface area contributed by atoms with Gasteiger partial charge in [0, 0.05) is 19.0 Å². The number of hydrogen-bond acceptors (Lipinski definition) is 4. The van der Waals surface area contributed by atoms with Crippen LogP contribution in [0.25, 0.3) is 0 Å².